The van der Waals surface area contributed by atoms with Gasteiger partial charge in [-0.15, -0.1) is 0 Å². The summed E-state index contributed by atoms with van der Waals surface area (Å²) in [6.45, 7) is 12.2. The van der Waals surface area contributed by atoms with Crippen LogP contribution < -0.4 is 10.4 Å². The third-order valence-electron chi connectivity index (χ3n) is 5.34. The summed E-state index contributed by atoms with van der Waals surface area (Å²) in [5.74, 6) is 0. The second-order valence-corrected chi connectivity index (χ2v) is 15.3. The molecule has 1 saturated heterocycles. The Kier molecular flexibility index (Phi) is 7.29. The van der Waals surface area contributed by atoms with Crippen LogP contribution in [0, 0.1) is 0 Å². The first-order valence-corrected chi connectivity index (χ1v) is 13.7. The van der Waals surface area contributed by atoms with Crippen LogP contribution in [0.25, 0.3) is 0 Å². The fourth-order valence-electron chi connectivity index (χ4n) is 4.00. The van der Waals surface area contributed by atoms with Crippen LogP contribution in [-0.2, 0) is 24.6 Å². The quantitative estimate of drug-likeness (QED) is 0.616. The first kappa shape index (κ1) is 24.6. The van der Waals surface area contributed by atoms with Crippen LogP contribution in [0.5, 0.6) is 0 Å². The Bertz CT molecular complexity index is 901. The molecule has 0 bridgehead atoms. The number of carbonyl (C=O) groups excluding carboxylic acids is 1. The molecule has 0 N–H and O–H groups in total. The Hall–Kier alpha value is -2.00. The Morgan fingerprint density at radius 3 is 1.94 bits per heavy atom. The van der Waals surface area contributed by atoms with E-state index in [0.717, 1.165) is 14.7 Å². The van der Waals surface area contributed by atoms with Crippen molar-refractivity contribution in [1.29, 1.82) is 0 Å². The van der Waals surface area contributed by atoms with Gasteiger partial charge in [-0.3, -0.25) is 4.18 Å². The molecule has 1 fully saturated rings. The highest BCUT2D eigenvalue weighted by molar-refractivity contribution is 7.78. The molecule has 0 saturated carbocycles. The summed E-state index contributed by atoms with van der Waals surface area (Å²) < 4.78 is 31.3. The number of carbonyl (C=O) groups is 1. The highest BCUT2D eigenvalue weighted by Crippen LogP contribution is 2.37. The molecule has 3 rings (SSSR count). The summed E-state index contributed by atoms with van der Waals surface area (Å²) in [6, 6.07) is 20.0. The van der Waals surface area contributed by atoms with Crippen LogP contribution >= 0.6 is 0 Å². The fraction of sp³-hybridized carbons (Fsp3) is 0.458. The van der Waals surface area contributed by atoms with Gasteiger partial charge in [0.25, 0.3) is 19.6 Å². The van der Waals surface area contributed by atoms with E-state index in [4.69, 9.17) is 13.3 Å². The average Bonchev–Trinajstić information content (AvgIpc) is 3.08. The molecule has 1 unspecified atom stereocenters. The van der Waals surface area contributed by atoms with Gasteiger partial charge in [0.2, 0.25) is 0 Å². The molecule has 8 heteroatoms. The third kappa shape index (κ3) is 5.14. The van der Waals surface area contributed by atoms with Gasteiger partial charge in [-0.25, -0.2) is 9.00 Å². The molecular formula is C24H33NO5SSi. The molecule has 0 spiro atoms. The van der Waals surface area contributed by atoms with E-state index in [9.17, 15) is 9.00 Å². The number of rotatable bonds is 5. The standard InChI is InChI=1S/C24H33NO5SSi/c1-23(2,3)30-22(26)25-19(17-28-31(25)27)18-29-32(24(4,5)6,20-13-9-7-10-14-20)21-15-11-8-12-16-21/h7-16,19H,17-18H2,1-6H3/t19-,31?/m0/s1. The van der Waals surface area contributed by atoms with Gasteiger partial charge in [0, 0.05) is 0 Å². The number of benzene rings is 2. The fourth-order valence-corrected chi connectivity index (χ4v) is 9.51. The van der Waals surface area contributed by atoms with Crippen molar-refractivity contribution in [3.63, 3.8) is 0 Å². The smallest absolute Gasteiger partial charge is 0.424 e. The molecule has 0 aliphatic carbocycles. The van der Waals surface area contributed by atoms with E-state index in [-0.39, 0.29) is 18.3 Å². The maximum Gasteiger partial charge on any atom is 0.424 e. The molecule has 2 atom stereocenters. The summed E-state index contributed by atoms with van der Waals surface area (Å²) in [4.78, 5) is 12.7. The second-order valence-electron chi connectivity index (χ2n) is 9.94. The monoisotopic (exact) mass is 475 g/mol. The largest absolute Gasteiger partial charge is 0.443 e. The summed E-state index contributed by atoms with van der Waals surface area (Å²) in [5, 5.41) is 2.08. The highest BCUT2D eigenvalue weighted by atomic mass is 32.2. The average molecular weight is 476 g/mol. The van der Waals surface area contributed by atoms with E-state index in [0.29, 0.717) is 0 Å². The van der Waals surface area contributed by atoms with Gasteiger partial charge in [0.1, 0.15) is 5.60 Å². The molecule has 1 heterocycles. The van der Waals surface area contributed by atoms with Crippen molar-refractivity contribution in [2.24, 2.45) is 0 Å². The minimum atomic E-state index is -2.78. The van der Waals surface area contributed by atoms with Crippen LogP contribution in [0.2, 0.25) is 5.04 Å². The van der Waals surface area contributed by atoms with Crippen molar-refractivity contribution >= 4 is 36.1 Å². The normalized spacial score (nSPS) is 19.8. The molecule has 0 aromatic heterocycles. The van der Waals surface area contributed by atoms with Gasteiger partial charge >= 0.3 is 6.09 Å². The number of hydrogen-bond donors (Lipinski definition) is 0. The molecular weight excluding hydrogens is 442 g/mol. The molecule has 32 heavy (non-hydrogen) atoms. The van der Waals surface area contributed by atoms with E-state index in [2.05, 4.69) is 45.0 Å². The van der Waals surface area contributed by atoms with Crippen LogP contribution in [0.1, 0.15) is 41.5 Å². The Labute approximate surface area is 194 Å². The molecule has 2 aromatic rings. The van der Waals surface area contributed by atoms with Gasteiger partial charge < -0.3 is 9.16 Å². The predicted molar refractivity (Wildman–Crippen MR) is 130 cm³/mol. The maximum absolute atomic E-state index is 12.7. The second kappa shape index (κ2) is 9.47. The van der Waals surface area contributed by atoms with E-state index in [1.54, 1.807) is 20.8 Å². The van der Waals surface area contributed by atoms with Crippen LogP contribution in [0.15, 0.2) is 60.7 Å². The first-order valence-electron chi connectivity index (χ1n) is 10.8. The molecule has 1 aliphatic rings. The molecule has 0 radical (unpaired) electrons. The molecule has 2 aromatic carbocycles. The zero-order chi connectivity index (χ0) is 23.6. The zero-order valence-electron chi connectivity index (χ0n) is 19.7. The lowest BCUT2D eigenvalue weighted by atomic mass is 10.2. The van der Waals surface area contributed by atoms with Crippen LogP contribution in [0.4, 0.5) is 4.79 Å². The van der Waals surface area contributed by atoms with Crippen molar-refractivity contribution in [3.05, 3.63) is 60.7 Å². The van der Waals surface area contributed by atoms with Gasteiger partial charge in [0.15, 0.2) is 0 Å². The minimum absolute atomic E-state index is 0.129. The van der Waals surface area contributed by atoms with Gasteiger partial charge in [0.05, 0.1) is 19.3 Å². The van der Waals surface area contributed by atoms with E-state index >= 15 is 0 Å². The number of nitrogens with zero attached hydrogens (tertiary/aromatic N) is 1. The predicted octanol–water partition coefficient (Wildman–Crippen LogP) is 3.78. The maximum atomic E-state index is 12.7. The summed E-state index contributed by atoms with van der Waals surface area (Å²) in [6.07, 6.45) is -0.663. The number of hydrogen-bond acceptors (Lipinski definition) is 5. The number of ether oxygens (including phenoxy) is 1. The van der Waals surface area contributed by atoms with E-state index < -0.39 is 37.3 Å². The molecule has 174 valence electrons. The Balaban J connectivity index is 1.97. The van der Waals surface area contributed by atoms with Crippen molar-refractivity contribution in [2.75, 3.05) is 13.2 Å². The summed E-state index contributed by atoms with van der Waals surface area (Å²) >= 11 is -1.90. The van der Waals surface area contributed by atoms with Crippen molar-refractivity contribution in [3.8, 4) is 0 Å². The Morgan fingerprint density at radius 2 is 1.50 bits per heavy atom. The zero-order valence-corrected chi connectivity index (χ0v) is 21.5. The van der Waals surface area contributed by atoms with E-state index in [1.165, 1.54) is 0 Å². The van der Waals surface area contributed by atoms with E-state index in [1.807, 2.05) is 36.4 Å². The lowest BCUT2D eigenvalue weighted by Crippen LogP contribution is -2.67. The SMILES string of the molecule is CC(C)(C)OC(=O)N1[C@H](CO[Si](c2ccccc2)(c2ccccc2)C(C)(C)C)COS1=O. The topological polar surface area (TPSA) is 65.1 Å². The Morgan fingerprint density at radius 1 is 1.00 bits per heavy atom. The molecule has 1 aliphatic heterocycles. The van der Waals surface area contributed by atoms with Gasteiger partial charge in [-0.05, 0) is 36.2 Å². The van der Waals surface area contributed by atoms with Crippen LogP contribution in [-0.4, -0.2) is 47.8 Å². The summed E-state index contributed by atoms with van der Waals surface area (Å²) in [5.41, 5.74) is -0.701. The lowest BCUT2D eigenvalue weighted by Gasteiger charge is -2.43. The highest BCUT2D eigenvalue weighted by Gasteiger charge is 2.51. The molecule has 1 amide bonds. The van der Waals surface area contributed by atoms with Gasteiger partial charge in [-0.1, -0.05) is 81.4 Å². The third-order valence-corrected chi connectivity index (χ3v) is 11.4. The minimum Gasteiger partial charge on any atom is -0.443 e. The van der Waals surface area contributed by atoms with Crippen molar-refractivity contribution in [2.45, 2.75) is 58.2 Å². The molecule has 6 nitrogen and oxygen atoms in total. The number of amides is 1. The lowest BCUT2D eigenvalue weighted by molar-refractivity contribution is 0.0330. The van der Waals surface area contributed by atoms with Crippen LogP contribution in [0.3, 0.4) is 0 Å². The van der Waals surface area contributed by atoms with Crippen molar-refractivity contribution < 1.29 is 22.3 Å². The van der Waals surface area contributed by atoms with Gasteiger partial charge in [-0.2, -0.15) is 4.31 Å². The summed E-state index contributed by atoms with van der Waals surface area (Å²) in [7, 11) is -2.78. The van der Waals surface area contributed by atoms with Crippen molar-refractivity contribution in [1.82, 2.24) is 4.31 Å². The first-order chi connectivity index (χ1) is 15.0.